The highest BCUT2D eigenvalue weighted by molar-refractivity contribution is 7.71. The van der Waals surface area contributed by atoms with Gasteiger partial charge in [0.05, 0.1) is 5.52 Å². The Morgan fingerprint density at radius 3 is 3.04 bits per heavy atom. The minimum atomic E-state index is -0.113. The standard InChI is InChI=1S/C16H21N3O2S2/c1-10-4-2-3-5-11(10)17-13(20)6-8-19-15(21)14-12(7-9-23-14)18-16(19)22/h7,9-11H,2-6,8H2,1H3,(H,17,20)(H,18,22)/t10-,11+/m1/s1. The van der Waals surface area contributed by atoms with Crippen molar-refractivity contribution in [1.82, 2.24) is 14.9 Å². The molecule has 0 saturated heterocycles. The zero-order valence-electron chi connectivity index (χ0n) is 13.1. The summed E-state index contributed by atoms with van der Waals surface area (Å²) in [7, 11) is 0. The summed E-state index contributed by atoms with van der Waals surface area (Å²) in [5.74, 6) is 0.525. The molecule has 7 heteroatoms. The molecule has 2 N–H and O–H groups in total. The minimum Gasteiger partial charge on any atom is -0.353 e. The Labute approximate surface area is 143 Å². The van der Waals surface area contributed by atoms with Gasteiger partial charge in [-0.3, -0.25) is 14.2 Å². The highest BCUT2D eigenvalue weighted by Gasteiger charge is 2.22. The van der Waals surface area contributed by atoms with Gasteiger partial charge in [-0.25, -0.2) is 0 Å². The average molecular weight is 351 g/mol. The van der Waals surface area contributed by atoms with Crippen molar-refractivity contribution in [1.29, 1.82) is 0 Å². The molecular formula is C16H21N3O2S2. The molecule has 2 aromatic heterocycles. The van der Waals surface area contributed by atoms with E-state index in [-0.39, 0.29) is 23.9 Å². The van der Waals surface area contributed by atoms with Gasteiger partial charge in [0, 0.05) is 19.0 Å². The van der Waals surface area contributed by atoms with Gasteiger partial charge in [0.25, 0.3) is 5.56 Å². The topological polar surface area (TPSA) is 66.9 Å². The first-order valence-electron chi connectivity index (χ1n) is 8.06. The first-order valence-corrected chi connectivity index (χ1v) is 9.34. The van der Waals surface area contributed by atoms with E-state index in [0.29, 0.717) is 21.9 Å². The van der Waals surface area contributed by atoms with E-state index >= 15 is 0 Å². The van der Waals surface area contributed by atoms with E-state index in [1.807, 2.05) is 11.4 Å². The Kier molecular flexibility index (Phi) is 4.96. The summed E-state index contributed by atoms with van der Waals surface area (Å²) in [5, 5.41) is 4.97. The summed E-state index contributed by atoms with van der Waals surface area (Å²) < 4.78 is 2.51. The second-order valence-corrected chi connectivity index (χ2v) is 7.54. The Morgan fingerprint density at radius 1 is 1.48 bits per heavy atom. The molecule has 2 heterocycles. The van der Waals surface area contributed by atoms with Crippen LogP contribution in [0.4, 0.5) is 0 Å². The van der Waals surface area contributed by atoms with E-state index in [0.717, 1.165) is 11.9 Å². The van der Waals surface area contributed by atoms with Crippen molar-refractivity contribution in [3.63, 3.8) is 0 Å². The number of rotatable bonds is 4. The molecule has 0 unspecified atom stereocenters. The first kappa shape index (κ1) is 16.4. The van der Waals surface area contributed by atoms with Crippen LogP contribution in [0.2, 0.25) is 0 Å². The predicted molar refractivity (Wildman–Crippen MR) is 95.4 cm³/mol. The molecule has 1 fully saturated rings. The number of carbonyl (C=O) groups is 1. The summed E-state index contributed by atoms with van der Waals surface area (Å²) in [4.78, 5) is 27.7. The van der Waals surface area contributed by atoms with Gasteiger partial charge in [-0.05, 0) is 42.4 Å². The molecule has 0 radical (unpaired) electrons. The van der Waals surface area contributed by atoms with Crippen molar-refractivity contribution in [2.45, 2.75) is 51.6 Å². The minimum absolute atomic E-state index is 0.00340. The molecule has 2 atom stereocenters. The maximum atomic E-state index is 12.4. The van der Waals surface area contributed by atoms with Gasteiger partial charge in [0.15, 0.2) is 4.77 Å². The molecule has 0 spiro atoms. The van der Waals surface area contributed by atoms with Gasteiger partial charge in [0.2, 0.25) is 5.91 Å². The molecule has 0 aliphatic heterocycles. The third-order valence-electron chi connectivity index (χ3n) is 4.61. The summed E-state index contributed by atoms with van der Waals surface area (Å²) in [5.41, 5.74) is 0.652. The van der Waals surface area contributed by atoms with Crippen LogP contribution in [0, 0.1) is 10.7 Å². The SMILES string of the molecule is C[C@@H]1CCCC[C@@H]1NC(=O)CCn1c(=S)[nH]c2ccsc2c1=O. The van der Waals surface area contributed by atoms with Crippen LogP contribution in [0.5, 0.6) is 0 Å². The van der Waals surface area contributed by atoms with Crippen molar-refractivity contribution in [3.8, 4) is 0 Å². The number of aromatic nitrogens is 2. The number of thiophene rings is 1. The predicted octanol–water partition coefficient (Wildman–Crippen LogP) is 3.21. The molecule has 3 rings (SSSR count). The van der Waals surface area contributed by atoms with Crippen LogP contribution < -0.4 is 10.9 Å². The number of nitrogens with one attached hydrogen (secondary N) is 2. The summed E-state index contributed by atoms with van der Waals surface area (Å²) in [6.07, 6.45) is 4.92. The summed E-state index contributed by atoms with van der Waals surface area (Å²) in [6.45, 7) is 2.50. The zero-order valence-corrected chi connectivity index (χ0v) is 14.8. The normalized spacial score (nSPS) is 21.4. The largest absolute Gasteiger partial charge is 0.353 e. The number of amides is 1. The van der Waals surface area contributed by atoms with Gasteiger partial charge in [-0.15, -0.1) is 11.3 Å². The Balaban J connectivity index is 1.67. The van der Waals surface area contributed by atoms with Crippen molar-refractivity contribution in [3.05, 3.63) is 26.6 Å². The molecule has 1 amide bonds. The van der Waals surface area contributed by atoms with Gasteiger partial charge < -0.3 is 10.3 Å². The van der Waals surface area contributed by atoms with E-state index in [1.54, 1.807) is 0 Å². The third-order valence-corrected chi connectivity index (χ3v) is 5.84. The smallest absolute Gasteiger partial charge is 0.272 e. The fraction of sp³-hybridized carbons (Fsp3) is 0.562. The monoisotopic (exact) mass is 351 g/mol. The number of hydrogen-bond donors (Lipinski definition) is 2. The molecule has 124 valence electrons. The van der Waals surface area contributed by atoms with E-state index in [9.17, 15) is 9.59 Å². The molecule has 0 bridgehead atoms. The van der Waals surface area contributed by atoms with Crippen LogP contribution in [-0.4, -0.2) is 21.5 Å². The second-order valence-electron chi connectivity index (χ2n) is 6.24. The first-order chi connectivity index (χ1) is 11.1. The number of fused-ring (bicyclic) bond motifs is 1. The van der Waals surface area contributed by atoms with E-state index in [1.165, 1.54) is 35.2 Å². The van der Waals surface area contributed by atoms with E-state index < -0.39 is 0 Å². The number of aromatic amines is 1. The van der Waals surface area contributed by atoms with Crippen LogP contribution in [-0.2, 0) is 11.3 Å². The Hall–Kier alpha value is -1.47. The summed E-state index contributed by atoms with van der Waals surface area (Å²) in [6, 6.07) is 2.11. The van der Waals surface area contributed by atoms with Gasteiger partial charge in [0.1, 0.15) is 4.70 Å². The molecule has 1 saturated carbocycles. The number of carbonyl (C=O) groups excluding carboxylic acids is 1. The lowest BCUT2D eigenvalue weighted by Crippen LogP contribution is -2.41. The molecule has 1 aliphatic rings. The molecular weight excluding hydrogens is 330 g/mol. The molecule has 5 nitrogen and oxygen atoms in total. The van der Waals surface area contributed by atoms with Crippen LogP contribution >= 0.6 is 23.6 Å². The van der Waals surface area contributed by atoms with Crippen LogP contribution in [0.1, 0.15) is 39.0 Å². The second kappa shape index (κ2) is 6.97. The Morgan fingerprint density at radius 2 is 2.26 bits per heavy atom. The van der Waals surface area contributed by atoms with Crippen molar-refractivity contribution >= 4 is 39.7 Å². The lowest BCUT2D eigenvalue weighted by molar-refractivity contribution is -0.122. The zero-order chi connectivity index (χ0) is 16.4. The van der Waals surface area contributed by atoms with Crippen molar-refractivity contribution in [2.24, 2.45) is 5.92 Å². The molecule has 2 aromatic rings. The van der Waals surface area contributed by atoms with Crippen molar-refractivity contribution in [2.75, 3.05) is 0 Å². The maximum absolute atomic E-state index is 12.4. The number of H-pyrrole nitrogens is 1. The van der Waals surface area contributed by atoms with Crippen LogP contribution in [0.25, 0.3) is 10.2 Å². The van der Waals surface area contributed by atoms with Crippen LogP contribution in [0.3, 0.4) is 0 Å². The van der Waals surface area contributed by atoms with Gasteiger partial charge in [-0.2, -0.15) is 0 Å². The van der Waals surface area contributed by atoms with Crippen LogP contribution in [0.15, 0.2) is 16.2 Å². The van der Waals surface area contributed by atoms with Crippen molar-refractivity contribution < 1.29 is 4.79 Å². The molecule has 1 aliphatic carbocycles. The lowest BCUT2D eigenvalue weighted by atomic mass is 9.86. The lowest BCUT2D eigenvalue weighted by Gasteiger charge is -2.29. The molecule has 0 aromatic carbocycles. The van der Waals surface area contributed by atoms with E-state index in [2.05, 4.69) is 17.2 Å². The molecule has 23 heavy (non-hydrogen) atoms. The van der Waals surface area contributed by atoms with E-state index in [4.69, 9.17) is 12.2 Å². The average Bonchev–Trinajstić information content (AvgIpc) is 2.98. The third kappa shape index (κ3) is 3.55. The fourth-order valence-electron chi connectivity index (χ4n) is 3.20. The highest BCUT2D eigenvalue weighted by Crippen LogP contribution is 2.23. The maximum Gasteiger partial charge on any atom is 0.272 e. The summed E-state index contributed by atoms with van der Waals surface area (Å²) >= 11 is 6.63. The van der Waals surface area contributed by atoms with Gasteiger partial charge in [-0.1, -0.05) is 19.8 Å². The number of nitrogens with zero attached hydrogens (tertiary/aromatic N) is 1. The van der Waals surface area contributed by atoms with Gasteiger partial charge >= 0.3 is 0 Å². The fourth-order valence-corrected chi connectivity index (χ4v) is 4.28. The number of hydrogen-bond acceptors (Lipinski definition) is 4. The Bertz CT molecular complexity index is 821. The highest BCUT2D eigenvalue weighted by atomic mass is 32.1. The quantitative estimate of drug-likeness (QED) is 0.831.